The van der Waals surface area contributed by atoms with Gasteiger partial charge in [0.1, 0.15) is 5.60 Å². The molecule has 0 bridgehead atoms. The number of ether oxygens (including phenoxy) is 1. The fourth-order valence-corrected chi connectivity index (χ4v) is 2.16. The second kappa shape index (κ2) is 6.51. The molecule has 0 atom stereocenters. The van der Waals surface area contributed by atoms with Gasteiger partial charge in [-0.1, -0.05) is 0 Å². The minimum atomic E-state index is -0.566. The third-order valence-corrected chi connectivity index (χ3v) is 3.01. The molecule has 118 valence electrons. The van der Waals surface area contributed by atoms with Gasteiger partial charge in [-0.15, -0.1) is 0 Å². The van der Waals surface area contributed by atoms with E-state index >= 15 is 0 Å². The number of nitrogens with zero attached hydrogens (tertiary/aromatic N) is 1. The summed E-state index contributed by atoms with van der Waals surface area (Å²) >= 11 is 0. The molecule has 6 nitrogen and oxygen atoms in total. The van der Waals surface area contributed by atoms with Gasteiger partial charge in [-0.2, -0.15) is 5.10 Å². The maximum atomic E-state index is 11.7. The van der Waals surface area contributed by atoms with E-state index in [0.29, 0.717) is 0 Å². The molecular formula is C16H22N4O2. The number of aromatic amines is 2. The summed E-state index contributed by atoms with van der Waals surface area (Å²) in [5, 5.41) is 4.17. The third kappa shape index (κ3) is 4.25. The predicted molar refractivity (Wildman–Crippen MR) is 85.9 cm³/mol. The summed E-state index contributed by atoms with van der Waals surface area (Å²) in [5.74, 6) is -0.0834. The molecular weight excluding hydrogens is 280 g/mol. The van der Waals surface area contributed by atoms with Gasteiger partial charge in [-0.25, -0.2) is 10.2 Å². The van der Waals surface area contributed by atoms with Crippen LogP contribution in [0.1, 0.15) is 45.0 Å². The number of nitrogens with one attached hydrogen (secondary N) is 3. The highest BCUT2D eigenvalue weighted by atomic mass is 16.6. The molecule has 1 amide bonds. The van der Waals surface area contributed by atoms with Crippen molar-refractivity contribution in [3.05, 3.63) is 48.0 Å². The van der Waals surface area contributed by atoms with Crippen molar-refractivity contribution in [1.82, 2.24) is 15.4 Å². The van der Waals surface area contributed by atoms with Gasteiger partial charge in [0.2, 0.25) is 0 Å². The number of H-pyrrole nitrogens is 2. The van der Waals surface area contributed by atoms with Gasteiger partial charge >= 0.3 is 6.09 Å². The van der Waals surface area contributed by atoms with E-state index in [1.54, 1.807) is 0 Å². The van der Waals surface area contributed by atoms with Crippen LogP contribution >= 0.6 is 0 Å². The SMILES string of the molecule is C/C(=N\NC(=O)OC(C)(C)C)C(c1ccc[nH]1)c1ccc[nH]1. The zero-order chi connectivity index (χ0) is 16.2. The van der Waals surface area contributed by atoms with E-state index < -0.39 is 11.7 Å². The van der Waals surface area contributed by atoms with Crippen LogP contribution in [0.25, 0.3) is 0 Å². The summed E-state index contributed by atoms with van der Waals surface area (Å²) in [6.45, 7) is 7.29. The van der Waals surface area contributed by atoms with Crippen molar-refractivity contribution in [3.8, 4) is 0 Å². The molecule has 0 aliphatic carbocycles. The Morgan fingerprint density at radius 3 is 2.14 bits per heavy atom. The number of hydrogen-bond acceptors (Lipinski definition) is 3. The van der Waals surface area contributed by atoms with E-state index in [-0.39, 0.29) is 5.92 Å². The van der Waals surface area contributed by atoms with Crippen LogP contribution in [0.4, 0.5) is 4.79 Å². The Morgan fingerprint density at radius 1 is 1.18 bits per heavy atom. The highest BCUT2D eigenvalue weighted by Crippen LogP contribution is 2.23. The van der Waals surface area contributed by atoms with Gasteiger partial charge in [0.15, 0.2) is 0 Å². The average Bonchev–Trinajstić information content (AvgIpc) is 3.08. The first kappa shape index (κ1) is 15.9. The quantitative estimate of drug-likeness (QED) is 0.597. The van der Waals surface area contributed by atoms with E-state index in [4.69, 9.17) is 4.74 Å². The van der Waals surface area contributed by atoms with E-state index in [1.165, 1.54) is 0 Å². The first-order valence-electron chi connectivity index (χ1n) is 7.16. The lowest BCUT2D eigenvalue weighted by molar-refractivity contribution is 0.0529. The van der Waals surface area contributed by atoms with Gasteiger partial charge in [-0.05, 0) is 52.0 Å². The number of amides is 1. The van der Waals surface area contributed by atoms with Crippen molar-refractivity contribution in [2.45, 2.75) is 39.2 Å². The minimum Gasteiger partial charge on any atom is -0.443 e. The van der Waals surface area contributed by atoms with Crippen molar-refractivity contribution < 1.29 is 9.53 Å². The summed E-state index contributed by atoms with van der Waals surface area (Å²) in [6.07, 6.45) is 3.16. The monoisotopic (exact) mass is 302 g/mol. The summed E-state index contributed by atoms with van der Waals surface area (Å²) in [4.78, 5) is 18.1. The lowest BCUT2D eigenvalue weighted by atomic mass is 9.97. The van der Waals surface area contributed by atoms with Crippen LogP contribution in [0.2, 0.25) is 0 Å². The molecule has 2 heterocycles. The number of hydrazone groups is 1. The van der Waals surface area contributed by atoms with E-state index in [2.05, 4.69) is 20.5 Å². The summed E-state index contributed by atoms with van der Waals surface area (Å²) in [5.41, 5.74) is 4.63. The maximum absolute atomic E-state index is 11.7. The number of carbonyl (C=O) groups is 1. The molecule has 22 heavy (non-hydrogen) atoms. The lowest BCUT2D eigenvalue weighted by Crippen LogP contribution is -2.30. The van der Waals surface area contributed by atoms with Crippen molar-refractivity contribution in [3.63, 3.8) is 0 Å². The average molecular weight is 302 g/mol. The molecule has 2 aromatic rings. The molecule has 0 saturated carbocycles. The molecule has 0 saturated heterocycles. The van der Waals surface area contributed by atoms with Crippen molar-refractivity contribution in [2.24, 2.45) is 5.10 Å². The molecule has 0 aliphatic rings. The molecule has 0 spiro atoms. The van der Waals surface area contributed by atoms with Gasteiger partial charge in [0, 0.05) is 23.8 Å². The Kier molecular flexibility index (Phi) is 4.70. The molecule has 0 unspecified atom stereocenters. The van der Waals surface area contributed by atoms with Crippen LogP contribution in [0, 0.1) is 0 Å². The van der Waals surface area contributed by atoms with Crippen LogP contribution in [0.5, 0.6) is 0 Å². The van der Waals surface area contributed by atoms with Crippen LogP contribution < -0.4 is 5.43 Å². The summed E-state index contributed by atoms with van der Waals surface area (Å²) in [7, 11) is 0. The fourth-order valence-electron chi connectivity index (χ4n) is 2.16. The molecule has 0 aliphatic heterocycles. The second-order valence-corrected chi connectivity index (χ2v) is 6.05. The van der Waals surface area contributed by atoms with E-state index in [9.17, 15) is 4.79 Å². The normalized spacial score (nSPS) is 12.5. The Morgan fingerprint density at radius 2 is 1.73 bits per heavy atom. The standard InChI is InChI=1S/C16H22N4O2/c1-11(19-20-15(21)22-16(2,3)4)14(12-7-5-9-17-12)13-8-6-10-18-13/h5-10,14,17-18H,1-4H3,(H,20,21)/b19-11+. The van der Waals surface area contributed by atoms with Crippen LogP contribution in [0.15, 0.2) is 41.8 Å². The molecule has 6 heteroatoms. The predicted octanol–water partition coefficient (Wildman–Crippen LogP) is 3.38. The first-order valence-corrected chi connectivity index (χ1v) is 7.16. The van der Waals surface area contributed by atoms with Gasteiger partial charge in [0.05, 0.1) is 11.6 Å². The lowest BCUT2D eigenvalue weighted by Gasteiger charge is -2.19. The van der Waals surface area contributed by atoms with Gasteiger partial charge in [-0.3, -0.25) is 0 Å². The molecule has 2 aromatic heterocycles. The fraction of sp³-hybridized carbons (Fsp3) is 0.375. The Balaban J connectivity index is 2.15. The number of carbonyl (C=O) groups excluding carboxylic acids is 1. The number of rotatable bonds is 4. The van der Waals surface area contributed by atoms with Crippen LogP contribution in [-0.2, 0) is 4.74 Å². The van der Waals surface area contributed by atoms with E-state index in [1.807, 2.05) is 64.4 Å². The van der Waals surface area contributed by atoms with Crippen molar-refractivity contribution >= 4 is 11.8 Å². The smallest absolute Gasteiger partial charge is 0.428 e. The molecule has 0 aromatic carbocycles. The van der Waals surface area contributed by atoms with Gasteiger partial charge < -0.3 is 14.7 Å². The second-order valence-electron chi connectivity index (χ2n) is 6.05. The highest BCUT2D eigenvalue weighted by Gasteiger charge is 2.20. The summed E-state index contributed by atoms with van der Waals surface area (Å²) in [6, 6.07) is 7.83. The van der Waals surface area contributed by atoms with Crippen LogP contribution in [-0.4, -0.2) is 27.4 Å². The Bertz CT molecular complexity index is 587. The van der Waals surface area contributed by atoms with E-state index in [0.717, 1.165) is 17.1 Å². The Labute approximate surface area is 130 Å². The number of hydrogen-bond donors (Lipinski definition) is 3. The van der Waals surface area contributed by atoms with Crippen molar-refractivity contribution in [2.75, 3.05) is 0 Å². The highest BCUT2D eigenvalue weighted by molar-refractivity contribution is 5.91. The first-order chi connectivity index (χ1) is 10.4. The zero-order valence-corrected chi connectivity index (χ0v) is 13.3. The summed E-state index contributed by atoms with van der Waals surface area (Å²) < 4.78 is 5.18. The topological polar surface area (TPSA) is 82.3 Å². The molecule has 3 N–H and O–H groups in total. The minimum absolute atomic E-state index is 0.0834. The molecule has 0 radical (unpaired) electrons. The molecule has 0 fully saturated rings. The largest absolute Gasteiger partial charge is 0.443 e. The van der Waals surface area contributed by atoms with Crippen molar-refractivity contribution in [1.29, 1.82) is 0 Å². The maximum Gasteiger partial charge on any atom is 0.428 e. The zero-order valence-electron chi connectivity index (χ0n) is 13.3. The molecule has 2 rings (SSSR count). The third-order valence-electron chi connectivity index (χ3n) is 3.01. The van der Waals surface area contributed by atoms with Crippen LogP contribution in [0.3, 0.4) is 0 Å². The Hall–Kier alpha value is -2.50. The number of aromatic nitrogens is 2. The van der Waals surface area contributed by atoms with Gasteiger partial charge in [0.25, 0.3) is 0 Å².